The Morgan fingerprint density at radius 2 is 0.941 bits per heavy atom. The van der Waals surface area contributed by atoms with Crippen molar-refractivity contribution in [3.05, 3.63) is 59.2 Å². The van der Waals surface area contributed by atoms with Crippen molar-refractivity contribution in [1.82, 2.24) is 0 Å². The fourth-order valence-corrected chi connectivity index (χ4v) is 1.57. The number of hydrogen-bond acceptors (Lipinski definition) is 14. The Morgan fingerprint density at radius 1 is 0.676 bits per heavy atom. The Bertz CT molecular complexity index is 1020. The van der Waals surface area contributed by atoms with Crippen molar-refractivity contribution in [2.45, 2.75) is 0 Å². The van der Waals surface area contributed by atoms with Crippen molar-refractivity contribution in [3.8, 4) is 0 Å². The van der Waals surface area contributed by atoms with Gasteiger partial charge in [-0.1, -0.05) is 20.6 Å². The second-order valence-corrected chi connectivity index (χ2v) is 8.36. The molecule has 2 aromatic heterocycles. The minimum atomic E-state index is -3.92. The second kappa shape index (κ2) is 17.5. The van der Waals surface area contributed by atoms with E-state index < -0.39 is 20.2 Å². The number of nitrogens with zero attached hydrogens (tertiary/aromatic N) is 4. The second-order valence-electron chi connectivity index (χ2n) is 5.54. The Labute approximate surface area is 194 Å². The van der Waals surface area contributed by atoms with Crippen molar-refractivity contribution in [2.24, 2.45) is 20.6 Å². The van der Waals surface area contributed by atoms with Crippen LogP contribution >= 0.6 is 0 Å². The van der Waals surface area contributed by atoms with Gasteiger partial charge in [-0.15, -0.1) is 0 Å². The first-order chi connectivity index (χ1) is 15.7. The van der Waals surface area contributed by atoms with Gasteiger partial charge in [-0.25, -0.2) is 26.8 Å². The van der Waals surface area contributed by atoms with Crippen LogP contribution in [-0.2, 0) is 20.2 Å². The lowest BCUT2D eigenvalue weighted by Crippen LogP contribution is -2.09. The van der Waals surface area contributed by atoms with Gasteiger partial charge in [0.15, 0.2) is 12.4 Å². The normalized spacial score (nSPS) is 11.4. The molecule has 0 saturated heterocycles. The van der Waals surface area contributed by atoms with E-state index in [1.165, 1.54) is 24.9 Å². The summed E-state index contributed by atoms with van der Waals surface area (Å²) in [5.74, 6) is 0. The van der Waals surface area contributed by atoms with E-state index in [4.69, 9.17) is 46.8 Å². The van der Waals surface area contributed by atoms with Gasteiger partial charge in [0.2, 0.25) is 11.4 Å². The van der Waals surface area contributed by atoms with Crippen molar-refractivity contribution in [2.75, 3.05) is 12.5 Å². The molecule has 18 heteroatoms. The number of rotatable bonds is 4. The highest BCUT2D eigenvalue weighted by atomic mass is 32.2. The zero-order valence-corrected chi connectivity index (χ0v) is 19.3. The van der Waals surface area contributed by atoms with Crippen LogP contribution in [-0.4, -0.2) is 84.1 Å². The molecular weight excluding hydrogens is 500 g/mol. The van der Waals surface area contributed by atoms with E-state index in [1.54, 1.807) is 36.7 Å². The van der Waals surface area contributed by atoms with Crippen LogP contribution < -0.4 is 9.97 Å². The predicted octanol–water partition coefficient (Wildman–Crippen LogP) is -1.44. The zero-order chi connectivity index (χ0) is 26.6. The largest absolute Gasteiger partial charge is 0.748 e. The van der Waals surface area contributed by atoms with Crippen molar-refractivity contribution in [3.63, 3.8) is 0 Å². The van der Waals surface area contributed by atoms with E-state index in [9.17, 15) is 0 Å². The number of aromatic amines is 2. The minimum absolute atomic E-state index is 0.604. The van der Waals surface area contributed by atoms with Crippen molar-refractivity contribution >= 4 is 45.1 Å². The third-order valence-corrected chi connectivity index (χ3v) is 2.50. The van der Waals surface area contributed by atoms with E-state index in [0.717, 1.165) is 0 Å². The molecule has 6 N–H and O–H groups in total. The standard InChI is InChI=1S/2C7H7N3O2.2CH4O3S/c2*11-9-4-6-1-2-8-7(3-6)5-10-12;2*1-5(2,3)4/h2*1-5,11-12H;2*1H3,(H,2,3,4). The molecule has 2 aromatic rings. The average Bonchev–Trinajstić information content (AvgIpc) is 2.68. The van der Waals surface area contributed by atoms with Crippen molar-refractivity contribution < 1.29 is 56.7 Å². The SMILES string of the molecule is CS(=O)(=O)[O-].CS(=O)(=O)[O-].ON=Cc1cc[nH+]c(C=NO)c1.ON=Cc1cc[nH+]c(C=NO)c1. The molecule has 0 amide bonds. The molecule has 34 heavy (non-hydrogen) atoms. The van der Waals surface area contributed by atoms with E-state index in [2.05, 4.69) is 30.6 Å². The molecule has 0 aromatic carbocycles. The molecule has 0 bridgehead atoms. The number of H-pyrrole nitrogens is 2. The third-order valence-electron chi connectivity index (χ3n) is 2.50. The summed E-state index contributed by atoms with van der Waals surface area (Å²) < 4.78 is 54.5. The summed E-state index contributed by atoms with van der Waals surface area (Å²) in [5.41, 5.74) is 2.67. The Hall–Kier alpha value is -4.00. The molecule has 0 aliphatic rings. The molecule has 0 fully saturated rings. The van der Waals surface area contributed by atoms with Gasteiger partial charge in [0, 0.05) is 47.9 Å². The Kier molecular flexibility index (Phi) is 16.6. The predicted molar refractivity (Wildman–Crippen MR) is 115 cm³/mol. The molecule has 2 heterocycles. The van der Waals surface area contributed by atoms with Gasteiger partial charge in [-0.05, 0) is 0 Å². The summed E-state index contributed by atoms with van der Waals surface area (Å²) in [5, 5.41) is 44.3. The summed E-state index contributed by atoms with van der Waals surface area (Å²) in [6.45, 7) is 0. The van der Waals surface area contributed by atoms with E-state index in [0.29, 0.717) is 35.0 Å². The monoisotopic (exact) mass is 522 g/mol. The number of oxime groups is 4. The zero-order valence-electron chi connectivity index (χ0n) is 17.6. The van der Waals surface area contributed by atoms with Crippen LogP contribution in [0.5, 0.6) is 0 Å². The molecule has 2 rings (SSSR count). The lowest BCUT2D eigenvalue weighted by Gasteiger charge is -1.90. The molecule has 0 aliphatic heterocycles. The lowest BCUT2D eigenvalue weighted by atomic mass is 10.2. The van der Waals surface area contributed by atoms with E-state index in [-0.39, 0.29) is 0 Å². The van der Waals surface area contributed by atoms with Crippen LogP contribution in [0, 0.1) is 0 Å². The molecule has 0 radical (unpaired) electrons. The summed E-state index contributed by atoms with van der Waals surface area (Å²) in [7, 11) is -7.83. The van der Waals surface area contributed by atoms with Crippen LogP contribution in [0.15, 0.2) is 57.3 Å². The van der Waals surface area contributed by atoms with E-state index >= 15 is 0 Å². The molecule has 0 unspecified atom stereocenters. The summed E-state index contributed by atoms with van der Waals surface area (Å²) in [6, 6.07) is 6.77. The summed E-state index contributed by atoms with van der Waals surface area (Å²) in [6.07, 6.45) is 9.55. The maximum Gasteiger partial charge on any atom is 0.226 e. The minimum Gasteiger partial charge on any atom is -0.748 e. The molecular formula is C16H22N6O10S2. The highest BCUT2D eigenvalue weighted by Gasteiger charge is 1.98. The number of nitrogens with one attached hydrogen (secondary N) is 2. The van der Waals surface area contributed by atoms with Crippen LogP contribution in [0.4, 0.5) is 0 Å². The summed E-state index contributed by atoms with van der Waals surface area (Å²) in [4.78, 5) is 5.63. The fraction of sp³-hybridized carbons (Fsp3) is 0.125. The van der Waals surface area contributed by atoms with Gasteiger partial charge in [-0.2, -0.15) is 0 Å². The van der Waals surface area contributed by atoms with Crippen molar-refractivity contribution in [1.29, 1.82) is 0 Å². The quantitative estimate of drug-likeness (QED) is 0.157. The highest BCUT2D eigenvalue weighted by Crippen LogP contribution is 1.93. The first-order valence-corrected chi connectivity index (χ1v) is 11.9. The van der Waals surface area contributed by atoms with Crippen LogP contribution in [0.2, 0.25) is 0 Å². The van der Waals surface area contributed by atoms with Gasteiger partial charge in [0.1, 0.15) is 12.4 Å². The van der Waals surface area contributed by atoms with Gasteiger partial charge in [-0.3, -0.25) is 0 Å². The smallest absolute Gasteiger partial charge is 0.226 e. The van der Waals surface area contributed by atoms with E-state index in [1.807, 2.05) is 0 Å². The maximum absolute atomic E-state index is 9.08. The van der Waals surface area contributed by atoms with Gasteiger partial charge >= 0.3 is 0 Å². The van der Waals surface area contributed by atoms with Crippen LogP contribution in [0.25, 0.3) is 0 Å². The average molecular weight is 523 g/mol. The molecule has 0 atom stereocenters. The maximum atomic E-state index is 9.08. The first-order valence-electron chi connectivity index (χ1n) is 8.28. The molecule has 16 nitrogen and oxygen atoms in total. The Balaban J connectivity index is 0. The topological polar surface area (TPSA) is 273 Å². The molecule has 0 spiro atoms. The van der Waals surface area contributed by atoms with Crippen LogP contribution in [0.3, 0.4) is 0 Å². The number of aromatic nitrogens is 2. The fourth-order valence-electron chi connectivity index (χ4n) is 1.57. The highest BCUT2D eigenvalue weighted by molar-refractivity contribution is 7.85. The van der Waals surface area contributed by atoms with Gasteiger partial charge in [0.05, 0.1) is 32.7 Å². The molecule has 0 saturated carbocycles. The van der Waals surface area contributed by atoms with Crippen LogP contribution in [0.1, 0.15) is 22.5 Å². The molecule has 188 valence electrons. The lowest BCUT2D eigenvalue weighted by molar-refractivity contribution is -0.380. The first kappa shape index (κ1) is 32.2. The molecule has 0 aliphatic carbocycles. The summed E-state index contributed by atoms with van der Waals surface area (Å²) >= 11 is 0. The number of pyridine rings is 2. The Morgan fingerprint density at radius 3 is 1.18 bits per heavy atom. The number of hydrogen-bond donors (Lipinski definition) is 4. The van der Waals surface area contributed by atoms with Gasteiger partial charge < -0.3 is 29.9 Å². The van der Waals surface area contributed by atoms with Gasteiger partial charge in [0.25, 0.3) is 0 Å². The third kappa shape index (κ3) is 26.0.